The molecule has 0 aliphatic heterocycles. The summed E-state index contributed by atoms with van der Waals surface area (Å²) < 4.78 is 0. The molecule has 0 spiro atoms. The summed E-state index contributed by atoms with van der Waals surface area (Å²) in [5, 5.41) is 8.89. The number of aliphatic hydroxyl groups is 1. The lowest BCUT2D eigenvalue weighted by atomic mass is 9.86. The van der Waals surface area contributed by atoms with Crippen LogP contribution in [0, 0.1) is 11.8 Å². The van der Waals surface area contributed by atoms with Crippen molar-refractivity contribution in [2.75, 3.05) is 13.7 Å². The first kappa shape index (κ1) is 13.4. The standard InChI is InChI=1S/C9H22N4O/c1-5(7(10)4-14)8(11)6(2)9(12)13-3/h5-8,14H,4,10-11H2,1-3H3,(H2,12,13). The van der Waals surface area contributed by atoms with Crippen LogP contribution in [0.4, 0.5) is 0 Å². The van der Waals surface area contributed by atoms with Crippen LogP contribution >= 0.6 is 0 Å². The SMILES string of the molecule is CN=C(N)C(C)C(N)C(C)C(N)CO. The second-order valence-electron chi connectivity index (χ2n) is 3.72. The van der Waals surface area contributed by atoms with Gasteiger partial charge in [-0.1, -0.05) is 13.8 Å². The minimum Gasteiger partial charge on any atom is -0.395 e. The number of amidine groups is 1. The molecule has 4 atom stereocenters. The van der Waals surface area contributed by atoms with Gasteiger partial charge in [0.25, 0.3) is 0 Å². The summed E-state index contributed by atoms with van der Waals surface area (Å²) in [7, 11) is 1.63. The zero-order valence-corrected chi connectivity index (χ0v) is 9.14. The minimum atomic E-state index is -0.308. The number of rotatable bonds is 5. The zero-order chi connectivity index (χ0) is 11.3. The molecule has 14 heavy (non-hydrogen) atoms. The van der Waals surface area contributed by atoms with Gasteiger partial charge in [-0.05, 0) is 5.92 Å². The highest BCUT2D eigenvalue weighted by Crippen LogP contribution is 2.13. The van der Waals surface area contributed by atoms with Crippen molar-refractivity contribution in [1.29, 1.82) is 0 Å². The van der Waals surface area contributed by atoms with Crippen molar-refractivity contribution in [3.8, 4) is 0 Å². The van der Waals surface area contributed by atoms with Crippen molar-refractivity contribution >= 4 is 5.84 Å². The number of hydrogen-bond acceptors (Lipinski definition) is 4. The van der Waals surface area contributed by atoms with Gasteiger partial charge in [0.15, 0.2) is 0 Å². The summed E-state index contributed by atoms with van der Waals surface area (Å²) in [6.07, 6.45) is 0. The average molecular weight is 202 g/mol. The van der Waals surface area contributed by atoms with E-state index in [0.717, 1.165) is 0 Å². The maximum atomic E-state index is 8.89. The van der Waals surface area contributed by atoms with E-state index in [1.807, 2.05) is 13.8 Å². The number of aliphatic imine (C=N–C) groups is 1. The largest absolute Gasteiger partial charge is 0.395 e. The number of hydrogen-bond donors (Lipinski definition) is 4. The summed E-state index contributed by atoms with van der Waals surface area (Å²) in [4.78, 5) is 3.89. The molecule has 4 unspecified atom stereocenters. The molecule has 0 aromatic carbocycles. The molecule has 0 heterocycles. The van der Waals surface area contributed by atoms with Crippen LogP contribution < -0.4 is 17.2 Å². The van der Waals surface area contributed by atoms with Crippen LogP contribution in [0.3, 0.4) is 0 Å². The van der Waals surface area contributed by atoms with Crippen LogP contribution in [-0.2, 0) is 0 Å². The molecule has 5 nitrogen and oxygen atoms in total. The first-order chi connectivity index (χ1) is 6.45. The summed E-state index contributed by atoms with van der Waals surface area (Å²) in [6, 6.07) is -0.488. The fourth-order valence-corrected chi connectivity index (χ4v) is 1.31. The molecule has 7 N–H and O–H groups in total. The van der Waals surface area contributed by atoms with Crippen LogP contribution in [0.1, 0.15) is 13.8 Å². The normalized spacial score (nSPS) is 21.4. The zero-order valence-electron chi connectivity index (χ0n) is 9.14. The van der Waals surface area contributed by atoms with E-state index in [-0.39, 0.29) is 30.5 Å². The molecule has 5 heteroatoms. The molecule has 0 aromatic heterocycles. The molecule has 0 fully saturated rings. The monoisotopic (exact) mass is 202 g/mol. The van der Waals surface area contributed by atoms with Crippen molar-refractivity contribution in [2.45, 2.75) is 25.9 Å². The molecule has 0 aromatic rings. The Morgan fingerprint density at radius 1 is 1.36 bits per heavy atom. The summed E-state index contributed by atoms with van der Waals surface area (Å²) in [6.45, 7) is 3.75. The molecule has 84 valence electrons. The van der Waals surface area contributed by atoms with E-state index in [4.69, 9.17) is 22.3 Å². The third kappa shape index (κ3) is 3.25. The molecule has 0 rings (SSSR count). The minimum absolute atomic E-state index is 0.00954. The van der Waals surface area contributed by atoms with Crippen LogP contribution in [0.5, 0.6) is 0 Å². The molecule has 0 saturated heterocycles. The van der Waals surface area contributed by atoms with Crippen molar-refractivity contribution < 1.29 is 5.11 Å². The molecule has 0 radical (unpaired) electrons. The van der Waals surface area contributed by atoms with Crippen molar-refractivity contribution in [3.63, 3.8) is 0 Å². The van der Waals surface area contributed by atoms with Gasteiger partial charge in [0.1, 0.15) is 0 Å². The quantitative estimate of drug-likeness (QED) is 0.335. The first-order valence-electron chi connectivity index (χ1n) is 4.79. The lowest BCUT2D eigenvalue weighted by Crippen LogP contribution is -2.49. The van der Waals surface area contributed by atoms with Crippen LogP contribution in [0.25, 0.3) is 0 Å². The molecule has 0 bridgehead atoms. The van der Waals surface area contributed by atoms with Gasteiger partial charge < -0.3 is 22.3 Å². The number of nitrogens with two attached hydrogens (primary N) is 3. The Morgan fingerprint density at radius 2 is 1.86 bits per heavy atom. The average Bonchev–Trinajstić information content (AvgIpc) is 2.23. The van der Waals surface area contributed by atoms with Crippen LogP contribution in [0.15, 0.2) is 4.99 Å². The highest BCUT2D eigenvalue weighted by atomic mass is 16.3. The van der Waals surface area contributed by atoms with Crippen LogP contribution in [0.2, 0.25) is 0 Å². The highest BCUT2D eigenvalue weighted by molar-refractivity contribution is 5.83. The van der Waals surface area contributed by atoms with E-state index in [9.17, 15) is 0 Å². The predicted molar refractivity (Wildman–Crippen MR) is 58.9 cm³/mol. The van der Waals surface area contributed by atoms with Gasteiger partial charge in [0.05, 0.1) is 12.4 Å². The second kappa shape index (κ2) is 5.95. The Morgan fingerprint density at radius 3 is 2.21 bits per heavy atom. The molecular formula is C9H22N4O. The predicted octanol–water partition coefficient (Wildman–Crippen LogP) is -1.11. The van der Waals surface area contributed by atoms with Crippen molar-refractivity contribution in [2.24, 2.45) is 34.0 Å². The van der Waals surface area contributed by atoms with Crippen molar-refractivity contribution in [3.05, 3.63) is 0 Å². The summed E-state index contributed by atoms with van der Waals surface area (Å²) in [5.74, 6) is 0.511. The third-order valence-corrected chi connectivity index (χ3v) is 2.80. The van der Waals surface area contributed by atoms with Gasteiger partial charge in [-0.25, -0.2) is 0 Å². The van der Waals surface area contributed by atoms with E-state index >= 15 is 0 Å². The summed E-state index contributed by atoms with van der Waals surface area (Å²) in [5.41, 5.74) is 17.3. The smallest absolute Gasteiger partial charge is 0.0977 e. The van der Waals surface area contributed by atoms with Crippen LogP contribution in [-0.4, -0.2) is 36.7 Å². The molecule has 0 saturated carbocycles. The first-order valence-corrected chi connectivity index (χ1v) is 4.79. The van der Waals surface area contributed by atoms with E-state index < -0.39 is 0 Å². The molecule has 0 aliphatic rings. The van der Waals surface area contributed by atoms with Crippen molar-refractivity contribution in [1.82, 2.24) is 0 Å². The third-order valence-electron chi connectivity index (χ3n) is 2.80. The lowest BCUT2D eigenvalue weighted by molar-refractivity contribution is 0.211. The number of nitrogens with zero attached hydrogens (tertiary/aromatic N) is 1. The van der Waals surface area contributed by atoms with Gasteiger partial charge in [-0.2, -0.15) is 0 Å². The molecular weight excluding hydrogens is 180 g/mol. The Balaban J connectivity index is 4.38. The van der Waals surface area contributed by atoms with E-state index in [1.165, 1.54) is 0 Å². The Kier molecular flexibility index (Phi) is 5.68. The fourth-order valence-electron chi connectivity index (χ4n) is 1.31. The van der Waals surface area contributed by atoms with E-state index in [2.05, 4.69) is 4.99 Å². The van der Waals surface area contributed by atoms with E-state index in [0.29, 0.717) is 5.84 Å². The topological polar surface area (TPSA) is 111 Å². The second-order valence-corrected chi connectivity index (χ2v) is 3.72. The van der Waals surface area contributed by atoms with Gasteiger partial charge in [0, 0.05) is 25.0 Å². The van der Waals surface area contributed by atoms with Gasteiger partial charge in [-0.3, -0.25) is 4.99 Å². The maximum Gasteiger partial charge on any atom is 0.0977 e. The highest BCUT2D eigenvalue weighted by Gasteiger charge is 2.26. The Bertz CT molecular complexity index is 195. The molecule has 0 aliphatic carbocycles. The lowest BCUT2D eigenvalue weighted by Gasteiger charge is -2.28. The Labute approximate surface area is 85.4 Å². The maximum absolute atomic E-state index is 8.89. The van der Waals surface area contributed by atoms with Gasteiger partial charge in [0.2, 0.25) is 0 Å². The molecule has 0 amide bonds. The Hall–Kier alpha value is -0.650. The number of aliphatic hydroxyl groups excluding tert-OH is 1. The van der Waals surface area contributed by atoms with Gasteiger partial charge >= 0.3 is 0 Å². The summed E-state index contributed by atoms with van der Waals surface area (Å²) >= 11 is 0. The van der Waals surface area contributed by atoms with Gasteiger partial charge in [-0.15, -0.1) is 0 Å². The van der Waals surface area contributed by atoms with E-state index in [1.54, 1.807) is 7.05 Å². The fraction of sp³-hybridized carbons (Fsp3) is 0.889.